The van der Waals surface area contributed by atoms with Gasteiger partial charge in [-0.2, -0.15) is 0 Å². The second-order valence-electron chi connectivity index (χ2n) is 4.21. The summed E-state index contributed by atoms with van der Waals surface area (Å²) < 4.78 is 40.2. The van der Waals surface area contributed by atoms with Crippen molar-refractivity contribution in [1.82, 2.24) is 0 Å². The van der Waals surface area contributed by atoms with Crippen LogP contribution in [-0.4, -0.2) is 0 Å². The van der Waals surface area contributed by atoms with Crippen LogP contribution >= 0.6 is 11.6 Å². The van der Waals surface area contributed by atoms with Gasteiger partial charge in [-0.3, -0.25) is 0 Å². The van der Waals surface area contributed by atoms with Crippen LogP contribution in [0.15, 0.2) is 30.3 Å². The van der Waals surface area contributed by atoms with E-state index in [0.717, 1.165) is 0 Å². The maximum absolute atomic E-state index is 13.7. The van der Waals surface area contributed by atoms with Gasteiger partial charge in [0.2, 0.25) is 0 Å². The van der Waals surface area contributed by atoms with E-state index in [2.05, 4.69) is 0 Å². The molecule has 0 spiro atoms. The number of benzene rings is 2. The number of hydrogen-bond acceptors (Lipinski definition) is 1. The molecule has 0 saturated heterocycles. The van der Waals surface area contributed by atoms with Crippen molar-refractivity contribution in [3.8, 4) is 0 Å². The van der Waals surface area contributed by atoms with E-state index in [4.69, 9.17) is 17.3 Å². The molecule has 2 aromatic carbocycles. The molecular weight excluding hydrogens is 275 g/mol. The quantitative estimate of drug-likeness (QED) is 0.883. The van der Waals surface area contributed by atoms with E-state index >= 15 is 0 Å². The summed E-state index contributed by atoms with van der Waals surface area (Å²) in [6.45, 7) is 1.71. The summed E-state index contributed by atoms with van der Waals surface area (Å²) in [4.78, 5) is 0. The smallest absolute Gasteiger partial charge is 0.134 e. The number of nitrogens with two attached hydrogens (primary N) is 1. The molecule has 0 amide bonds. The van der Waals surface area contributed by atoms with Gasteiger partial charge in [-0.1, -0.05) is 23.7 Å². The predicted molar refractivity (Wildman–Crippen MR) is 68.5 cm³/mol. The highest BCUT2D eigenvalue weighted by Gasteiger charge is 2.21. The summed E-state index contributed by atoms with van der Waals surface area (Å²) in [5, 5.41) is 0.455. The third kappa shape index (κ3) is 2.60. The lowest BCUT2D eigenvalue weighted by molar-refractivity contribution is 0.515. The van der Waals surface area contributed by atoms with Gasteiger partial charge in [0, 0.05) is 22.7 Å². The van der Waals surface area contributed by atoms with Crippen LogP contribution in [0.1, 0.15) is 22.7 Å². The lowest BCUT2D eigenvalue weighted by Crippen LogP contribution is -2.17. The minimum Gasteiger partial charge on any atom is -0.320 e. The minimum absolute atomic E-state index is 0.369. The Morgan fingerprint density at radius 1 is 1.11 bits per heavy atom. The van der Waals surface area contributed by atoms with Crippen molar-refractivity contribution in [3.63, 3.8) is 0 Å². The molecule has 1 unspecified atom stereocenters. The lowest BCUT2D eigenvalue weighted by atomic mass is 9.95. The Morgan fingerprint density at radius 3 is 2.26 bits per heavy atom. The highest BCUT2D eigenvalue weighted by Crippen LogP contribution is 2.30. The molecule has 0 aromatic heterocycles. The van der Waals surface area contributed by atoms with Crippen LogP contribution in [0.5, 0.6) is 0 Å². The van der Waals surface area contributed by atoms with Gasteiger partial charge in [-0.15, -0.1) is 0 Å². The van der Waals surface area contributed by atoms with Crippen LogP contribution in [0.4, 0.5) is 13.2 Å². The monoisotopic (exact) mass is 285 g/mol. The zero-order valence-electron chi connectivity index (χ0n) is 10.1. The molecule has 0 aliphatic rings. The van der Waals surface area contributed by atoms with Crippen molar-refractivity contribution in [1.29, 1.82) is 0 Å². The molecular formula is C14H11ClF3N. The Bertz CT molecular complexity index is 605. The maximum Gasteiger partial charge on any atom is 0.134 e. The molecule has 0 saturated carbocycles. The fourth-order valence-corrected chi connectivity index (χ4v) is 2.15. The standard InChI is InChI=1S/C14H11ClF3N/c1-7-9(3-2-4-10(7)15)14(19)13-11(17)5-8(16)6-12(13)18/h2-6,14H,19H2,1H3. The number of rotatable bonds is 2. The Balaban J connectivity index is 2.56. The SMILES string of the molecule is Cc1c(Cl)cccc1C(N)c1c(F)cc(F)cc1F. The molecule has 2 N–H and O–H groups in total. The Labute approximate surface area is 113 Å². The van der Waals surface area contributed by atoms with Crippen molar-refractivity contribution in [3.05, 3.63) is 69.5 Å². The summed E-state index contributed by atoms with van der Waals surface area (Å²) in [5.74, 6) is -3.00. The second-order valence-corrected chi connectivity index (χ2v) is 4.62. The molecule has 2 rings (SSSR count). The lowest BCUT2D eigenvalue weighted by Gasteiger charge is -2.17. The van der Waals surface area contributed by atoms with E-state index in [1.54, 1.807) is 25.1 Å². The molecule has 5 heteroatoms. The molecule has 2 aromatic rings. The van der Waals surface area contributed by atoms with E-state index in [-0.39, 0.29) is 5.56 Å². The Morgan fingerprint density at radius 2 is 1.68 bits per heavy atom. The van der Waals surface area contributed by atoms with Gasteiger partial charge in [0.25, 0.3) is 0 Å². The van der Waals surface area contributed by atoms with E-state index in [1.807, 2.05) is 0 Å². The molecule has 0 aliphatic carbocycles. The van der Waals surface area contributed by atoms with E-state index in [1.165, 1.54) is 0 Å². The van der Waals surface area contributed by atoms with Crippen molar-refractivity contribution in [2.75, 3.05) is 0 Å². The normalized spacial score (nSPS) is 12.5. The van der Waals surface area contributed by atoms with Gasteiger partial charge in [0.1, 0.15) is 17.5 Å². The topological polar surface area (TPSA) is 26.0 Å². The number of halogens is 4. The fourth-order valence-electron chi connectivity index (χ4n) is 1.97. The molecule has 19 heavy (non-hydrogen) atoms. The van der Waals surface area contributed by atoms with Gasteiger partial charge in [0.05, 0.1) is 6.04 Å². The van der Waals surface area contributed by atoms with Gasteiger partial charge < -0.3 is 5.73 Å². The van der Waals surface area contributed by atoms with Gasteiger partial charge in [-0.25, -0.2) is 13.2 Å². The third-order valence-electron chi connectivity index (χ3n) is 3.00. The first-order chi connectivity index (χ1) is 8.91. The maximum atomic E-state index is 13.7. The molecule has 0 fully saturated rings. The molecule has 100 valence electrons. The van der Waals surface area contributed by atoms with Crippen LogP contribution in [0.2, 0.25) is 5.02 Å². The zero-order valence-corrected chi connectivity index (χ0v) is 10.8. The first-order valence-corrected chi connectivity index (χ1v) is 5.94. The molecule has 1 atom stereocenters. The molecule has 0 heterocycles. The van der Waals surface area contributed by atoms with Crippen molar-refractivity contribution < 1.29 is 13.2 Å². The summed E-state index contributed by atoms with van der Waals surface area (Å²) in [5.41, 5.74) is 6.64. The summed E-state index contributed by atoms with van der Waals surface area (Å²) in [6, 6.07) is 5.11. The predicted octanol–water partition coefficient (Wildman–Crippen LogP) is 4.11. The molecule has 0 bridgehead atoms. The van der Waals surface area contributed by atoms with E-state index in [9.17, 15) is 13.2 Å². The average Bonchev–Trinajstić information content (AvgIpc) is 2.31. The van der Waals surface area contributed by atoms with E-state index in [0.29, 0.717) is 28.3 Å². The van der Waals surface area contributed by atoms with Crippen molar-refractivity contribution in [2.24, 2.45) is 5.73 Å². The van der Waals surface area contributed by atoms with Crippen LogP contribution in [0, 0.1) is 24.4 Å². The van der Waals surface area contributed by atoms with Gasteiger partial charge >= 0.3 is 0 Å². The van der Waals surface area contributed by atoms with Crippen LogP contribution in [0.3, 0.4) is 0 Å². The van der Waals surface area contributed by atoms with Crippen molar-refractivity contribution >= 4 is 11.6 Å². The molecule has 0 aliphatic heterocycles. The van der Waals surface area contributed by atoms with E-state index < -0.39 is 23.5 Å². The first kappa shape index (κ1) is 13.9. The Kier molecular flexibility index (Phi) is 3.83. The summed E-state index contributed by atoms with van der Waals surface area (Å²) in [6.07, 6.45) is 0. The fraction of sp³-hybridized carbons (Fsp3) is 0.143. The zero-order chi connectivity index (χ0) is 14.2. The summed E-state index contributed by atoms with van der Waals surface area (Å²) in [7, 11) is 0. The summed E-state index contributed by atoms with van der Waals surface area (Å²) >= 11 is 5.95. The first-order valence-electron chi connectivity index (χ1n) is 5.57. The van der Waals surface area contributed by atoms with Crippen LogP contribution in [0.25, 0.3) is 0 Å². The molecule has 0 radical (unpaired) electrons. The van der Waals surface area contributed by atoms with Crippen molar-refractivity contribution in [2.45, 2.75) is 13.0 Å². The highest BCUT2D eigenvalue weighted by atomic mass is 35.5. The number of hydrogen-bond donors (Lipinski definition) is 1. The average molecular weight is 286 g/mol. The second kappa shape index (κ2) is 5.23. The minimum atomic E-state index is -1.04. The van der Waals surface area contributed by atoms with Crippen LogP contribution in [-0.2, 0) is 0 Å². The van der Waals surface area contributed by atoms with Gasteiger partial charge in [-0.05, 0) is 24.1 Å². The third-order valence-corrected chi connectivity index (χ3v) is 3.41. The highest BCUT2D eigenvalue weighted by molar-refractivity contribution is 6.31. The largest absolute Gasteiger partial charge is 0.320 e. The Hall–Kier alpha value is -1.52. The van der Waals surface area contributed by atoms with Crippen LogP contribution < -0.4 is 5.73 Å². The molecule has 1 nitrogen and oxygen atoms in total. The van der Waals surface area contributed by atoms with Gasteiger partial charge in [0.15, 0.2) is 0 Å².